The molecule has 2 nitrogen and oxygen atoms in total. The molecule has 170 valence electrons. The van der Waals surface area contributed by atoms with Crippen LogP contribution in [0.25, 0.3) is 5.57 Å². The van der Waals surface area contributed by atoms with Crippen LogP contribution in [0.5, 0.6) is 0 Å². The zero-order valence-electron chi connectivity index (χ0n) is 19.9. The summed E-state index contributed by atoms with van der Waals surface area (Å²) < 4.78 is 0. The first-order chi connectivity index (χ1) is 15.8. The Morgan fingerprint density at radius 1 is 0.625 bits per heavy atom. The van der Waals surface area contributed by atoms with Gasteiger partial charge in [0.05, 0.1) is 0 Å². The molecule has 0 radical (unpaired) electrons. The highest BCUT2D eigenvalue weighted by Crippen LogP contribution is 2.29. The van der Waals surface area contributed by atoms with E-state index < -0.39 is 0 Å². The van der Waals surface area contributed by atoms with Crippen LogP contribution in [0.4, 0.5) is 11.4 Å². The summed E-state index contributed by atoms with van der Waals surface area (Å²) in [5.41, 5.74) is 6.64. The third kappa shape index (κ3) is 6.06. The Labute approximate surface area is 195 Å². The first-order valence-electron chi connectivity index (χ1n) is 12.9. The van der Waals surface area contributed by atoms with Gasteiger partial charge in [0.1, 0.15) is 0 Å². The van der Waals surface area contributed by atoms with E-state index in [1.165, 1.54) is 106 Å². The molecule has 0 bridgehead atoms. The van der Waals surface area contributed by atoms with E-state index in [-0.39, 0.29) is 0 Å². The number of allylic oxidation sites excluding steroid dienone is 3. The fourth-order valence-corrected chi connectivity index (χ4v) is 5.02. The van der Waals surface area contributed by atoms with Crippen LogP contribution in [0, 0.1) is 0 Å². The second-order valence-corrected chi connectivity index (χ2v) is 9.31. The highest BCUT2D eigenvalue weighted by molar-refractivity contribution is 5.82. The first-order valence-corrected chi connectivity index (χ1v) is 12.9. The second-order valence-electron chi connectivity index (χ2n) is 9.31. The van der Waals surface area contributed by atoms with E-state index in [4.69, 9.17) is 0 Å². The Kier molecular flexibility index (Phi) is 8.48. The van der Waals surface area contributed by atoms with Crippen molar-refractivity contribution in [1.29, 1.82) is 0 Å². The van der Waals surface area contributed by atoms with Crippen LogP contribution in [-0.2, 0) is 0 Å². The molecular formula is C30H40N2. The van der Waals surface area contributed by atoms with E-state index in [0.29, 0.717) is 0 Å². The molecule has 0 atom stereocenters. The minimum absolute atomic E-state index is 1.06. The molecule has 2 heterocycles. The van der Waals surface area contributed by atoms with E-state index >= 15 is 0 Å². The zero-order valence-corrected chi connectivity index (χ0v) is 19.9. The number of anilines is 2. The van der Waals surface area contributed by atoms with Gasteiger partial charge in [-0.3, -0.25) is 0 Å². The minimum atomic E-state index is 1.06. The predicted octanol–water partition coefficient (Wildman–Crippen LogP) is 7.85. The number of hydrogen-bond donors (Lipinski definition) is 0. The Bertz CT molecular complexity index is 795. The molecule has 2 saturated heterocycles. The monoisotopic (exact) mass is 428 g/mol. The summed E-state index contributed by atoms with van der Waals surface area (Å²) in [6.45, 7) is 6.97. The molecule has 2 aliphatic heterocycles. The van der Waals surface area contributed by atoms with Gasteiger partial charge in [-0.25, -0.2) is 0 Å². The summed E-state index contributed by atoms with van der Waals surface area (Å²) in [5.74, 6) is 0. The third-order valence-corrected chi connectivity index (χ3v) is 6.93. The van der Waals surface area contributed by atoms with Crippen molar-refractivity contribution < 1.29 is 0 Å². The summed E-state index contributed by atoms with van der Waals surface area (Å²) in [4.78, 5) is 5.13. The summed E-state index contributed by atoms with van der Waals surface area (Å²) in [6.07, 6.45) is 18.6. The minimum Gasteiger partial charge on any atom is -0.372 e. The van der Waals surface area contributed by atoms with Crippen LogP contribution in [-0.4, -0.2) is 26.2 Å². The maximum Gasteiger partial charge on any atom is 0.0366 e. The van der Waals surface area contributed by atoms with Gasteiger partial charge in [0.2, 0.25) is 0 Å². The van der Waals surface area contributed by atoms with E-state index in [1.807, 2.05) is 0 Å². The van der Waals surface area contributed by atoms with Gasteiger partial charge < -0.3 is 9.80 Å². The van der Waals surface area contributed by atoms with Crippen molar-refractivity contribution in [2.45, 2.75) is 64.7 Å². The summed E-state index contributed by atoms with van der Waals surface area (Å²) in [5, 5.41) is 0. The molecular weight excluding hydrogens is 388 g/mol. The molecule has 4 rings (SSSR count). The lowest BCUT2D eigenvalue weighted by Gasteiger charge is -2.23. The largest absolute Gasteiger partial charge is 0.372 e. The lowest BCUT2D eigenvalue weighted by atomic mass is 9.96. The van der Waals surface area contributed by atoms with Crippen LogP contribution >= 0.6 is 0 Å². The number of hydrogen-bond acceptors (Lipinski definition) is 2. The SMILES string of the molecule is CCC=CC=C(c1ccc(N2CCCCCC2)cc1)c1ccc(N2CCCCCC2)cc1. The van der Waals surface area contributed by atoms with Crippen molar-refractivity contribution in [3.63, 3.8) is 0 Å². The van der Waals surface area contributed by atoms with E-state index in [9.17, 15) is 0 Å². The Balaban J connectivity index is 1.55. The number of nitrogens with zero attached hydrogens (tertiary/aromatic N) is 2. The van der Waals surface area contributed by atoms with E-state index in [2.05, 4.69) is 83.5 Å². The van der Waals surface area contributed by atoms with Gasteiger partial charge in [0.15, 0.2) is 0 Å². The topological polar surface area (TPSA) is 6.48 Å². The summed E-state index contributed by atoms with van der Waals surface area (Å²) in [6, 6.07) is 18.5. The molecule has 2 aliphatic rings. The van der Waals surface area contributed by atoms with Gasteiger partial charge in [-0.2, -0.15) is 0 Å². The lowest BCUT2D eigenvalue weighted by Crippen LogP contribution is -2.23. The smallest absolute Gasteiger partial charge is 0.0366 e. The van der Waals surface area contributed by atoms with Crippen molar-refractivity contribution in [2.24, 2.45) is 0 Å². The maximum atomic E-state index is 2.56. The fourth-order valence-electron chi connectivity index (χ4n) is 5.02. The summed E-state index contributed by atoms with van der Waals surface area (Å²) in [7, 11) is 0. The molecule has 2 aromatic rings. The molecule has 0 aliphatic carbocycles. The highest BCUT2D eigenvalue weighted by Gasteiger charge is 2.13. The van der Waals surface area contributed by atoms with Crippen LogP contribution in [0.15, 0.2) is 66.8 Å². The van der Waals surface area contributed by atoms with Gasteiger partial charge >= 0.3 is 0 Å². The fraction of sp³-hybridized carbons (Fsp3) is 0.467. The average Bonchev–Trinajstić information content (AvgIpc) is 3.28. The summed E-state index contributed by atoms with van der Waals surface area (Å²) >= 11 is 0. The molecule has 0 amide bonds. The van der Waals surface area contributed by atoms with Crippen LogP contribution in [0.3, 0.4) is 0 Å². The second kappa shape index (κ2) is 11.9. The number of rotatable bonds is 6. The van der Waals surface area contributed by atoms with E-state index in [1.54, 1.807) is 0 Å². The molecule has 2 aromatic carbocycles. The van der Waals surface area contributed by atoms with Gasteiger partial charge in [0.25, 0.3) is 0 Å². The van der Waals surface area contributed by atoms with Crippen molar-refractivity contribution in [2.75, 3.05) is 36.0 Å². The first kappa shape index (κ1) is 22.7. The highest BCUT2D eigenvalue weighted by atomic mass is 15.1. The average molecular weight is 429 g/mol. The Morgan fingerprint density at radius 3 is 1.41 bits per heavy atom. The third-order valence-electron chi connectivity index (χ3n) is 6.93. The van der Waals surface area contributed by atoms with Crippen molar-refractivity contribution >= 4 is 16.9 Å². The Morgan fingerprint density at radius 2 is 1.03 bits per heavy atom. The Hall–Kier alpha value is -2.48. The normalized spacial score (nSPS) is 17.8. The molecule has 2 fully saturated rings. The van der Waals surface area contributed by atoms with Gasteiger partial charge in [-0.05, 0) is 73.1 Å². The molecule has 0 saturated carbocycles. The maximum absolute atomic E-state index is 2.56. The van der Waals surface area contributed by atoms with Crippen LogP contribution in [0.2, 0.25) is 0 Å². The molecule has 0 unspecified atom stereocenters. The standard InChI is InChI=1S/C30H40N2/c1-2-3-8-13-30(26-14-18-28(19-15-26)31-22-9-4-5-10-23-31)27-16-20-29(21-17-27)32-24-11-6-7-12-25-32/h3,8,13-21H,2,4-7,9-12,22-25H2,1H3. The van der Waals surface area contributed by atoms with Crippen LogP contribution in [0.1, 0.15) is 75.8 Å². The molecule has 0 aromatic heterocycles. The quantitative estimate of drug-likeness (QED) is 0.432. The van der Waals surface area contributed by atoms with E-state index in [0.717, 1.165) is 6.42 Å². The lowest BCUT2D eigenvalue weighted by molar-refractivity contribution is 0.726. The molecule has 2 heteroatoms. The predicted molar refractivity (Wildman–Crippen MR) is 141 cm³/mol. The van der Waals surface area contributed by atoms with Crippen molar-refractivity contribution in [3.8, 4) is 0 Å². The zero-order chi connectivity index (χ0) is 22.0. The molecule has 0 spiro atoms. The molecule has 0 N–H and O–H groups in total. The van der Waals surface area contributed by atoms with Gasteiger partial charge in [-0.15, -0.1) is 0 Å². The number of benzene rings is 2. The van der Waals surface area contributed by atoms with Gasteiger partial charge in [-0.1, -0.05) is 75.1 Å². The van der Waals surface area contributed by atoms with Crippen molar-refractivity contribution in [3.05, 3.63) is 77.9 Å². The van der Waals surface area contributed by atoms with Gasteiger partial charge in [0, 0.05) is 37.6 Å². The van der Waals surface area contributed by atoms with Crippen LogP contribution < -0.4 is 9.80 Å². The van der Waals surface area contributed by atoms with Crippen molar-refractivity contribution in [1.82, 2.24) is 0 Å². The molecule has 32 heavy (non-hydrogen) atoms.